The summed E-state index contributed by atoms with van der Waals surface area (Å²) in [5, 5.41) is 0. The lowest BCUT2D eigenvalue weighted by Gasteiger charge is -2.39. The Morgan fingerprint density at radius 1 is 0.286 bits per heavy atom. The third kappa shape index (κ3) is 5.04. The van der Waals surface area contributed by atoms with Crippen molar-refractivity contribution >= 4 is 0 Å². The van der Waals surface area contributed by atoms with Gasteiger partial charge in [-0.1, -0.05) is 176 Å². The molecule has 0 radical (unpaired) electrons. The zero-order valence-electron chi connectivity index (χ0n) is 30.3. The van der Waals surface area contributed by atoms with Gasteiger partial charge in [0.2, 0.25) is 0 Å². The van der Waals surface area contributed by atoms with Gasteiger partial charge in [0, 0.05) is 27.8 Å². The molecule has 4 heteroatoms. The summed E-state index contributed by atoms with van der Waals surface area (Å²) in [5.74, 6) is 3.51. The summed E-state index contributed by atoms with van der Waals surface area (Å²) >= 11 is 0. The maximum atomic E-state index is 6.71. The first-order valence-corrected chi connectivity index (χ1v) is 18.9. The van der Waals surface area contributed by atoms with Crippen molar-refractivity contribution in [2.24, 2.45) is 0 Å². The first-order valence-electron chi connectivity index (χ1n) is 18.9. The first kappa shape index (κ1) is 32.0. The molecule has 8 aromatic carbocycles. The summed E-state index contributed by atoms with van der Waals surface area (Å²) in [6.45, 7) is 0. The minimum atomic E-state index is -0.591. The van der Waals surface area contributed by atoms with Crippen LogP contribution in [0.1, 0.15) is 22.3 Å². The van der Waals surface area contributed by atoms with E-state index < -0.39 is 5.41 Å². The van der Waals surface area contributed by atoms with Crippen LogP contribution in [0.5, 0.6) is 11.5 Å². The summed E-state index contributed by atoms with van der Waals surface area (Å²) in [6.07, 6.45) is 0. The summed E-state index contributed by atoms with van der Waals surface area (Å²) in [7, 11) is 0. The van der Waals surface area contributed by atoms with E-state index in [1.165, 1.54) is 22.3 Å². The van der Waals surface area contributed by atoms with E-state index >= 15 is 0 Å². The van der Waals surface area contributed by atoms with Gasteiger partial charge in [-0.2, -0.15) is 0 Å². The van der Waals surface area contributed by atoms with Crippen molar-refractivity contribution in [2.75, 3.05) is 0 Å². The number of nitrogens with zero attached hydrogens (tertiary/aromatic N) is 3. The number of aromatic nitrogens is 3. The molecule has 1 aliphatic carbocycles. The molecule has 0 atom stereocenters. The van der Waals surface area contributed by atoms with Crippen LogP contribution in [0.4, 0.5) is 0 Å². The van der Waals surface area contributed by atoms with Gasteiger partial charge < -0.3 is 4.74 Å². The van der Waals surface area contributed by atoms with E-state index in [0.717, 1.165) is 61.6 Å². The summed E-state index contributed by atoms with van der Waals surface area (Å²) in [4.78, 5) is 15.5. The molecule has 9 aromatic rings. The van der Waals surface area contributed by atoms with Crippen molar-refractivity contribution in [1.82, 2.24) is 15.0 Å². The molecule has 56 heavy (non-hydrogen) atoms. The van der Waals surface area contributed by atoms with E-state index in [-0.39, 0.29) is 0 Å². The highest BCUT2D eigenvalue weighted by Gasteiger charge is 2.51. The number of para-hydroxylation sites is 1. The molecule has 2 heterocycles. The second-order valence-electron chi connectivity index (χ2n) is 14.3. The maximum absolute atomic E-state index is 6.71. The van der Waals surface area contributed by atoms with Crippen molar-refractivity contribution < 1.29 is 4.74 Å². The number of ether oxygens (including phenoxy) is 1. The molecule has 1 aliphatic heterocycles. The van der Waals surface area contributed by atoms with E-state index in [4.69, 9.17) is 19.7 Å². The van der Waals surface area contributed by atoms with Crippen LogP contribution >= 0.6 is 0 Å². The van der Waals surface area contributed by atoms with Crippen LogP contribution in [0.15, 0.2) is 200 Å². The van der Waals surface area contributed by atoms with Crippen molar-refractivity contribution in [1.29, 1.82) is 0 Å². The molecule has 0 saturated heterocycles. The van der Waals surface area contributed by atoms with Crippen molar-refractivity contribution in [2.45, 2.75) is 5.41 Å². The van der Waals surface area contributed by atoms with Crippen LogP contribution in [0.25, 0.3) is 67.5 Å². The second-order valence-corrected chi connectivity index (χ2v) is 14.3. The predicted octanol–water partition coefficient (Wildman–Crippen LogP) is 12.7. The van der Waals surface area contributed by atoms with Crippen molar-refractivity contribution in [3.8, 4) is 79.0 Å². The smallest absolute Gasteiger partial charge is 0.164 e. The molecule has 1 aromatic heterocycles. The Morgan fingerprint density at radius 2 is 0.661 bits per heavy atom. The van der Waals surface area contributed by atoms with Gasteiger partial charge in [-0.3, -0.25) is 0 Å². The SMILES string of the molecule is c1ccc(-c2ccc(-c3nc(-c4ccc(-c5ccccc5)cc4)nc(-c4ccc5c(c4)C4(c6ccccc6O5)c5ccccc5-c5ccccc54)n3)cc2)cc1. The van der Waals surface area contributed by atoms with Gasteiger partial charge in [-0.05, 0) is 68.8 Å². The van der Waals surface area contributed by atoms with E-state index in [2.05, 4.69) is 182 Å². The molecule has 262 valence electrons. The highest BCUT2D eigenvalue weighted by Crippen LogP contribution is 2.62. The normalized spacial score (nSPS) is 12.9. The molecule has 0 fully saturated rings. The number of fused-ring (bicyclic) bond motifs is 9. The largest absolute Gasteiger partial charge is 0.457 e. The lowest BCUT2D eigenvalue weighted by Crippen LogP contribution is -2.32. The molecule has 0 N–H and O–H groups in total. The molecule has 2 aliphatic rings. The van der Waals surface area contributed by atoms with Gasteiger partial charge in [-0.25, -0.2) is 15.0 Å². The molecular formula is C52H33N3O. The number of hydrogen-bond acceptors (Lipinski definition) is 4. The average Bonchev–Trinajstić information content (AvgIpc) is 3.57. The van der Waals surface area contributed by atoms with Gasteiger partial charge in [-0.15, -0.1) is 0 Å². The average molecular weight is 716 g/mol. The molecule has 0 amide bonds. The summed E-state index contributed by atoms with van der Waals surface area (Å²) in [6, 6.07) is 70.2. The van der Waals surface area contributed by atoms with Crippen molar-refractivity contribution in [3.05, 3.63) is 222 Å². The minimum Gasteiger partial charge on any atom is -0.457 e. The Bertz CT molecular complexity index is 2770. The fourth-order valence-corrected chi connectivity index (χ4v) is 8.64. The standard InChI is InChI=1S/C52H33N3O/c1-3-13-34(14-4-1)36-23-27-38(28-24-36)49-53-50(39-29-25-37(26-30-39)35-15-5-2-6-16-35)55-51(54-49)40-31-32-48-46(33-40)52(45-21-11-12-22-47(45)56-48)43-19-9-7-17-41(43)42-18-8-10-20-44(42)52/h1-33H. The van der Waals surface area contributed by atoms with Crippen LogP contribution in [-0.4, -0.2) is 15.0 Å². The summed E-state index contributed by atoms with van der Waals surface area (Å²) in [5.41, 5.74) is 13.9. The van der Waals surface area contributed by atoms with Crippen molar-refractivity contribution in [3.63, 3.8) is 0 Å². The molecule has 4 nitrogen and oxygen atoms in total. The number of benzene rings is 8. The third-order valence-electron chi connectivity index (χ3n) is 11.2. The van der Waals surface area contributed by atoms with Crippen LogP contribution < -0.4 is 4.74 Å². The van der Waals surface area contributed by atoms with E-state index in [1.54, 1.807) is 0 Å². The van der Waals surface area contributed by atoms with Crippen LogP contribution in [0.2, 0.25) is 0 Å². The van der Waals surface area contributed by atoms with Crippen LogP contribution in [-0.2, 0) is 5.41 Å². The Morgan fingerprint density at radius 3 is 1.20 bits per heavy atom. The van der Waals surface area contributed by atoms with E-state index in [0.29, 0.717) is 17.5 Å². The maximum Gasteiger partial charge on any atom is 0.164 e. The summed E-state index contributed by atoms with van der Waals surface area (Å²) < 4.78 is 6.71. The van der Waals surface area contributed by atoms with Gasteiger partial charge in [0.15, 0.2) is 17.5 Å². The van der Waals surface area contributed by atoms with Gasteiger partial charge in [0.25, 0.3) is 0 Å². The van der Waals surface area contributed by atoms with E-state index in [9.17, 15) is 0 Å². The molecule has 0 unspecified atom stereocenters. The fraction of sp³-hybridized carbons (Fsp3) is 0.0192. The predicted molar refractivity (Wildman–Crippen MR) is 224 cm³/mol. The highest BCUT2D eigenvalue weighted by molar-refractivity contribution is 5.89. The first-order chi connectivity index (χ1) is 27.7. The van der Waals surface area contributed by atoms with Crippen LogP contribution in [0, 0.1) is 0 Å². The molecule has 11 rings (SSSR count). The lowest BCUT2D eigenvalue weighted by molar-refractivity contribution is 0.436. The highest BCUT2D eigenvalue weighted by atomic mass is 16.5. The molecule has 1 spiro atoms. The van der Waals surface area contributed by atoms with Gasteiger partial charge in [0.05, 0.1) is 5.41 Å². The number of hydrogen-bond donors (Lipinski definition) is 0. The van der Waals surface area contributed by atoms with E-state index in [1.807, 2.05) is 18.2 Å². The topological polar surface area (TPSA) is 47.9 Å². The van der Waals surface area contributed by atoms with Gasteiger partial charge >= 0.3 is 0 Å². The number of rotatable bonds is 5. The Balaban J connectivity index is 1.10. The third-order valence-corrected chi connectivity index (χ3v) is 11.2. The van der Waals surface area contributed by atoms with Crippen LogP contribution in [0.3, 0.4) is 0 Å². The van der Waals surface area contributed by atoms with Gasteiger partial charge in [0.1, 0.15) is 11.5 Å². The molecule has 0 saturated carbocycles. The Kier molecular flexibility index (Phi) is 7.36. The second kappa shape index (κ2) is 12.9. The fourth-order valence-electron chi connectivity index (χ4n) is 8.64. The zero-order chi connectivity index (χ0) is 37.1. The molecule has 0 bridgehead atoms. The quantitative estimate of drug-likeness (QED) is 0.178. The minimum absolute atomic E-state index is 0.591. The molecular weight excluding hydrogens is 683 g/mol. The Labute approximate surface area is 325 Å². The Hall–Kier alpha value is -7.43. The lowest BCUT2D eigenvalue weighted by atomic mass is 9.66. The monoisotopic (exact) mass is 715 g/mol. The zero-order valence-corrected chi connectivity index (χ0v) is 30.3.